The van der Waals surface area contributed by atoms with Gasteiger partial charge in [0.15, 0.2) is 0 Å². The molecule has 0 spiro atoms. The van der Waals surface area contributed by atoms with Crippen LogP contribution in [-0.4, -0.2) is 37.1 Å². The Balaban J connectivity index is 1.71. The lowest BCUT2D eigenvalue weighted by atomic mass is 9.84. The van der Waals surface area contributed by atoms with Crippen LogP contribution in [-0.2, 0) is 0 Å². The number of rotatable bonds is 1. The summed E-state index contributed by atoms with van der Waals surface area (Å²) in [7, 11) is 0. The number of benzene rings is 1. The van der Waals surface area contributed by atoms with Crippen molar-refractivity contribution >= 4 is 0 Å². The molecule has 1 N–H and O–H groups in total. The molecule has 0 aliphatic carbocycles. The molecule has 2 atom stereocenters. The van der Waals surface area contributed by atoms with E-state index in [9.17, 15) is 0 Å². The van der Waals surface area contributed by atoms with Crippen molar-refractivity contribution in [2.45, 2.75) is 24.8 Å². The van der Waals surface area contributed by atoms with Gasteiger partial charge in [-0.2, -0.15) is 0 Å². The van der Waals surface area contributed by atoms with Crippen LogP contribution in [0.4, 0.5) is 0 Å². The summed E-state index contributed by atoms with van der Waals surface area (Å²) >= 11 is 0. The average molecular weight is 216 g/mol. The van der Waals surface area contributed by atoms with Gasteiger partial charge in [-0.05, 0) is 30.9 Å². The normalized spacial score (nSPS) is 31.0. The van der Waals surface area contributed by atoms with Crippen LogP contribution < -0.4 is 5.32 Å². The third-order valence-corrected chi connectivity index (χ3v) is 4.06. The molecule has 2 saturated heterocycles. The highest BCUT2D eigenvalue weighted by Gasteiger charge is 2.30. The van der Waals surface area contributed by atoms with E-state index in [-0.39, 0.29) is 0 Å². The number of piperidine rings is 1. The SMILES string of the molecule is c1ccc([C@@H]2CCN3CCNCC3C2)cc1. The Labute approximate surface area is 97.6 Å². The van der Waals surface area contributed by atoms with Crippen molar-refractivity contribution in [3.63, 3.8) is 0 Å². The van der Waals surface area contributed by atoms with Gasteiger partial charge in [0.2, 0.25) is 0 Å². The van der Waals surface area contributed by atoms with Gasteiger partial charge >= 0.3 is 0 Å². The average Bonchev–Trinajstić information content (AvgIpc) is 2.39. The van der Waals surface area contributed by atoms with Crippen molar-refractivity contribution in [1.82, 2.24) is 10.2 Å². The van der Waals surface area contributed by atoms with Gasteiger partial charge in [0.05, 0.1) is 0 Å². The lowest BCUT2D eigenvalue weighted by Crippen LogP contribution is -2.54. The van der Waals surface area contributed by atoms with Crippen molar-refractivity contribution in [3.05, 3.63) is 35.9 Å². The number of hydrogen-bond donors (Lipinski definition) is 1. The first-order valence-corrected chi connectivity index (χ1v) is 6.43. The Bertz CT molecular complexity index is 336. The fraction of sp³-hybridized carbons (Fsp3) is 0.571. The van der Waals surface area contributed by atoms with Crippen molar-refractivity contribution < 1.29 is 0 Å². The maximum atomic E-state index is 3.51. The Morgan fingerprint density at radius 3 is 2.88 bits per heavy atom. The minimum absolute atomic E-state index is 0.771. The minimum Gasteiger partial charge on any atom is -0.314 e. The van der Waals surface area contributed by atoms with Gasteiger partial charge in [0.25, 0.3) is 0 Å². The summed E-state index contributed by atoms with van der Waals surface area (Å²) < 4.78 is 0. The van der Waals surface area contributed by atoms with Gasteiger partial charge in [0.1, 0.15) is 0 Å². The summed E-state index contributed by atoms with van der Waals surface area (Å²) in [5, 5.41) is 3.51. The molecule has 0 saturated carbocycles. The van der Waals surface area contributed by atoms with Gasteiger partial charge < -0.3 is 5.32 Å². The second-order valence-electron chi connectivity index (χ2n) is 5.03. The molecule has 0 radical (unpaired) electrons. The first-order valence-electron chi connectivity index (χ1n) is 6.43. The zero-order valence-corrected chi connectivity index (χ0v) is 9.73. The Morgan fingerprint density at radius 2 is 2.00 bits per heavy atom. The second-order valence-corrected chi connectivity index (χ2v) is 5.03. The second kappa shape index (κ2) is 4.56. The monoisotopic (exact) mass is 216 g/mol. The standard InChI is InChI=1S/C14H20N2/c1-2-4-12(5-3-1)13-6-8-16-9-7-15-11-14(16)10-13/h1-5,13-15H,6-11H2/t13-,14?/m1/s1. The van der Waals surface area contributed by atoms with Crippen LogP contribution in [0.1, 0.15) is 24.3 Å². The van der Waals surface area contributed by atoms with E-state index in [1.54, 1.807) is 0 Å². The van der Waals surface area contributed by atoms with Crippen molar-refractivity contribution in [2.24, 2.45) is 0 Å². The van der Waals surface area contributed by atoms with Gasteiger partial charge in [-0.1, -0.05) is 30.3 Å². The van der Waals surface area contributed by atoms with Crippen LogP contribution in [0.2, 0.25) is 0 Å². The highest BCUT2D eigenvalue weighted by Crippen LogP contribution is 2.31. The Hall–Kier alpha value is -0.860. The number of piperazine rings is 1. The van der Waals surface area contributed by atoms with E-state index in [4.69, 9.17) is 0 Å². The molecule has 3 rings (SSSR count). The number of nitrogens with one attached hydrogen (secondary N) is 1. The zero-order chi connectivity index (χ0) is 10.8. The van der Waals surface area contributed by atoms with Crippen LogP contribution in [0, 0.1) is 0 Å². The topological polar surface area (TPSA) is 15.3 Å². The molecule has 86 valence electrons. The van der Waals surface area contributed by atoms with E-state index in [1.165, 1.54) is 44.6 Å². The first-order chi connectivity index (χ1) is 7.93. The maximum Gasteiger partial charge on any atom is 0.0227 e. The molecule has 0 amide bonds. The molecule has 1 aromatic carbocycles. The largest absolute Gasteiger partial charge is 0.314 e. The van der Waals surface area contributed by atoms with Crippen LogP contribution in [0.5, 0.6) is 0 Å². The van der Waals surface area contributed by atoms with E-state index in [0.717, 1.165) is 12.0 Å². The molecule has 1 aromatic rings. The van der Waals surface area contributed by atoms with E-state index < -0.39 is 0 Å². The molecule has 1 unspecified atom stereocenters. The van der Waals surface area contributed by atoms with Crippen LogP contribution in [0.25, 0.3) is 0 Å². The summed E-state index contributed by atoms with van der Waals surface area (Å²) in [6.45, 7) is 4.88. The van der Waals surface area contributed by atoms with E-state index in [0.29, 0.717) is 0 Å². The molecular weight excluding hydrogens is 196 g/mol. The predicted molar refractivity (Wildman–Crippen MR) is 66.6 cm³/mol. The van der Waals surface area contributed by atoms with Crippen LogP contribution in [0.3, 0.4) is 0 Å². The van der Waals surface area contributed by atoms with Crippen molar-refractivity contribution in [1.29, 1.82) is 0 Å². The molecule has 2 heteroatoms. The lowest BCUT2D eigenvalue weighted by Gasteiger charge is -2.42. The summed E-state index contributed by atoms with van der Waals surface area (Å²) in [5.74, 6) is 0.780. The van der Waals surface area contributed by atoms with Crippen LogP contribution in [0.15, 0.2) is 30.3 Å². The Kier molecular flexibility index (Phi) is 2.94. The van der Waals surface area contributed by atoms with Gasteiger partial charge in [0, 0.05) is 25.7 Å². The molecule has 0 bridgehead atoms. The van der Waals surface area contributed by atoms with Gasteiger partial charge in [-0.25, -0.2) is 0 Å². The lowest BCUT2D eigenvalue weighted by molar-refractivity contribution is 0.109. The zero-order valence-electron chi connectivity index (χ0n) is 9.73. The molecule has 16 heavy (non-hydrogen) atoms. The highest BCUT2D eigenvalue weighted by atomic mass is 15.2. The maximum absolute atomic E-state index is 3.51. The fourth-order valence-electron chi connectivity index (χ4n) is 3.13. The summed E-state index contributed by atoms with van der Waals surface area (Å²) in [6.07, 6.45) is 2.66. The quantitative estimate of drug-likeness (QED) is 0.770. The molecule has 2 aliphatic heterocycles. The summed E-state index contributed by atoms with van der Waals surface area (Å²) in [4.78, 5) is 2.66. The van der Waals surface area contributed by atoms with Gasteiger partial charge in [-0.3, -0.25) is 4.90 Å². The predicted octanol–water partition coefficient (Wildman–Crippen LogP) is 1.84. The van der Waals surface area contributed by atoms with Crippen molar-refractivity contribution in [2.75, 3.05) is 26.2 Å². The Morgan fingerprint density at radius 1 is 1.12 bits per heavy atom. The molecule has 2 heterocycles. The number of fused-ring (bicyclic) bond motifs is 1. The molecular formula is C14H20N2. The van der Waals surface area contributed by atoms with Gasteiger partial charge in [-0.15, -0.1) is 0 Å². The van der Waals surface area contributed by atoms with Crippen molar-refractivity contribution in [3.8, 4) is 0 Å². The third kappa shape index (κ3) is 2.00. The number of hydrogen-bond acceptors (Lipinski definition) is 2. The van der Waals surface area contributed by atoms with E-state index in [1.807, 2.05) is 0 Å². The molecule has 2 aliphatic rings. The van der Waals surface area contributed by atoms with E-state index in [2.05, 4.69) is 40.5 Å². The van der Waals surface area contributed by atoms with E-state index >= 15 is 0 Å². The summed E-state index contributed by atoms with van der Waals surface area (Å²) in [6, 6.07) is 11.8. The fourth-order valence-corrected chi connectivity index (χ4v) is 3.13. The number of nitrogens with zero attached hydrogens (tertiary/aromatic N) is 1. The highest BCUT2D eigenvalue weighted by molar-refractivity contribution is 5.20. The summed E-state index contributed by atoms with van der Waals surface area (Å²) in [5.41, 5.74) is 1.53. The first kappa shape index (κ1) is 10.3. The molecule has 2 fully saturated rings. The molecule has 0 aromatic heterocycles. The van der Waals surface area contributed by atoms with Crippen LogP contribution >= 0.6 is 0 Å². The third-order valence-electron chi connectivity index (χ3n) is 4.06. The molecule has 2 nitrogen and oxygen atoms in total. The minimum atomic E-state index is 0.771. The smallest absolute Gasteiger partial charge is 0.0227 e.